The van der Waals surface area contributed by atoms with Gasteiger partial charge in [0, 0.05) is 31.9 Å². The van der Waals surface area contributed by atoms with Gasteiger partial charge in [-0.3, -0.25) is 4.98 Å². The summed E-state index contributed by atoms with van der Waals surface area (Å²) in [7, 11) is 1.68. The molecule has 0 saturated carbocycles. The minimum atomic E-state index is 0.0845. The van der Waals surface area contributed by atoms with Gasteiger partial charge in [-0.15, -0.1) is 0 Å². The van der Waals surface area contributed by atoms with Gasteiger partial charge in [-0.2, -0.15) is 0 Å². The zero-order chi connectivity index (χ0) is 12.7. The quantitative estimate of drug-likeness (QED) is 0.734. The van der Waals surface area contributed by atoms with Crippen molar-refractivity contribution in [1.82, 2.24) is 15.3 Å². The summed E-state index contributed by atoms with van der Waals surface area (Å²) in [6, 6.07) is 0. The Morgan fingerprint density at radius 3 is 2.71 bits per heavy atom. The molecule has 0 aromatic carbocycles. The molecule has 0 aliphatic rings. The minimum Gasteiger partial charge on any atom is -0.383 e. The number of aromatic nitrogens is 2. The molecule has 0 fully saturated rings. The first-order valence-corrected chi connectivity index (χ1v) is 5.80. The number of hydrogen-bond acceptors (Lipinski definition) is 5. The average molecular weight is 238 g/mol. The molecule has 0 aliphatic carbocycles. The zero-order valence-corrected chi connectivity index (χ0v) is 11.1. The van der Waals surface area contributed by atoms with Gasteiger partial charge in [-0.25, -0.2) is 4.98 Å². The maximum Gasteiger partial charge on any atom is 0.144 e. The molecule has 2 N–H and O–H groups in total. The number of nitrogens with zero attached hydrogens (tertiary/aromatic N) is 2. The maximum atomic E-state index is 4.96. The number of hydrogen-bond donors (Lipinski definition) is 2. The Balaban J connectivity index is 2.48. The summed E-state index contributed by atoms with van der Waals surface area (Å²) in [5.41, 5.74) is 1.02. The summed E-state index contributed by atoms with van der Waals surface area (Å²) in [4.78, 5) is 8.61. The molecular formula is C12H22N4O. The van der Waals surface area contributed by atoms with E-state index in [0.29, 0.717) is 6.61 Å². The van der Waals surface area contributed by atoms with Crippen LogP contribution in [0.5, 0.6) is 0 Å². The smallest absolute Gasteiger partial charge is 0.144 e. The highest BCUT2D eigenvalue weighted by Crippen LogP contribution is 2.04. The first-order chi connectivity index (χ1) is 8.01. The van der Waals surface area contributed by atoms with E-state index in [2.05, 4.69) is 41.4 Å². The van der Waals surface area contributed by atoms with E-state index in [1.165, 1.54) is 0 Å². The van der Waals surface area contributed by atoms with Gasteiger partial charge in [0.05, 0.1) is 18.5 Å². The van der Waals surface area contributed by atoms with Crippen LogP contribution in [-0.2, 0) is 11.3 Å². The lowest BCUT2D eigenvalue weighted by molar-refractivity contribution is 0.210. The van der Waals surface area contributed by atoms with Crippen LogP contribution < -0.4 is 10.6 Å². The van der Waals surface area contributed by atoms with E-state index in [0.717, 1.165) is 24.6 Å². The maximum absolute atomic E-state index is 4.96. The monoisotopic (exact) mass is 238 g/mol. The van der Waals surface area contributed by atoms with Gasteiger partial charge in [-0.1, -0.05) is 0 Å². The predicted molar refractivity (Wildman–Crippen MR) is 69.0 cm³/mol. The average Bonchev–Trinajstić information content (AvgIpc) is 2.27. The fraction of sp³-hybridized carbons (Fsp3) is 0.667. The molecule has 0 radical (unpaired) electrons. The van der Waals surface area contributed by atoms with Crippen LogP contribution in [0.2, 0.25) is 0 Å². The number of anilines is 1. The molecule has 0 saturated heterocycles. The lowest BCUT2D eigenvalue weighted by Gasteiger charge is -2.20. The summed E-state index contributed by atoms with van der Waals surface area (Å²) in [5, 5.41) is 6.53. The molecule has 1 aromatic rings. The molecule has 5 heteroatoms. The normalized spacial score (nSPS) is 11.5. The van der Waals surface area contributed by atoms with Gasteiger partial charge in [0.25, 0.3) is 0 Å². The van der Waals surface area contributed by atoms with Crippen LogP contribution in [0, 0.1) is 0 Å². The third-order valence-electron chi connectivity index (χ3n) is 2.10. The van der Waals surface area contributed by atoms with Crippen molar-refractivity contribution in [1.29, 1.82) is 0 Å². The second-order valence-electron chi connectivity index (χ2n) is 4.92. The topological polar surface area (TPSA) is 59.1 Å². The van der Waals surface area contributed by atoms with Gasteiger partial charge in [0.1, 0.15) is 5.82 Å². The van der Waals surface area contributed by atoms with E-state index in [9.17, 15) is 0 Å². The van der Waals surface area contributed by atoms with E-state index in [1.807, 2.05) is 0 Å². The molecule has 1 heterocycles. The van der Waals surface area contributed by atoms with Gasteiger partial charge in [-0.05, 0) is 20.8 Å². The van der Waals surface area contributed by atoms with E-state index in [1.54, 1.807) is 19.5 Å². The highest BCUT2D eigenvalue weighted by molar-refractivity contribution is 5.31. The third kappa shape index (κ3) is 6.19. The molecule has 1 rings (SSSR count). The fourth-order valence-electron chi connectivity index (χ4n) is 1.21. The largest absolute Gasteiger partial charge is 0.383 e. The third-order valence-corrected chi connectivity index (χ3v) is 2.10. The second kappa shape index (κ2) is 6.51. The van der Waals surface area contributed by atoms with Crippen LogP contribution in [0.15, 0.2) is 12.4 Å². The number of methoxy groups -OCH3 is 1. The second-order valence-corrected chi connectivity index (χ2v) is 4.92. The van der Waals surface area contributed by atoms with Crippen LogP contribution in [0.3, 0.4) is 0 Å². The first kappa shape index (κ1) is 13.9. The van der Waals surface area contributed by atoms with Crippen LogP contribution >= 0.6 is 0 Å². The van der Waals surface area contributed by atoms with Crippen molar-refractivity contribution in [2.24, 2.45) is 0 Å². The zero-order valence-electron chi connectivity index (χ0n) is 11.1. The highest BCUT2D eigenvalue weighted by Gasteiger charge is 2.09. The van der Waals surface area contributed by atoms with Crippen molar-refractivity contribution in [3.05, 3.63) is 18.1 Å². The number of ether oxygens (including phenoxy) is 1. The molecule has 96 valence electrons. The van der Waals surface area contributed by atoms with Crippen LogP contribution in [-0.4, -0.2) is 35.8 Å². The molecular weight excluding hydrogens is 216 g/mol. The summed E-state index contributed by atoms with van der Waals surface area (Å²) in [5.74, 6) is 0.787. The predicted octanol–water partition coefficient (Wildman–Crippen LogP) is 1.42. The highest BCUT2D eigenvalue weighted by atomic mass is 16.5. The Labute approximate surface area is 103 Å². The van der Waals surface area contributed by atoms with Crippen LogP contribution in [0.1, 0.15) is 26.5 Å². The van der Waals surface area contributed by atoms with Gasteiger partial charge in [0.2, 0.25) is 0 Å². The van der Waals surface area contributed by atoms with Gasteiger partial charge in [0.15, 0.2) is 0 Å². The summed E-state index contributed by atoms with van der Waals surface area (Å²) in [6.45, 7) is 8.49. The van der Waals surface area contributed by atoms with E-state index in [4.69, 9.17) is 4.74 Å². The van der Waals surface area contributed by atoms with Crippen molar-refractivity contribution in [2.75, 3.05) is 25.6 Å². The summed E-state index contributed by atoms with van der Waals surface area (Å²) in [6.07, 6.45) is 3.50. The van der Waals surface area contributed by atoms with Crippen LogP contribution in [0.4, 0.5) is 5.82 Å². The van der Waals surface area contributed by atoms with Crippen molar-refractivity contribution in [3.8, 4) is 0 Å². The van der Waals surface area contributed by atoms with E-state index in [-0.39, 0.29) is 5.54 Å². The molecule has 0 atom stereocenters. The Bertz CT molecular complexity index is 336. The molecule has 17 heavy (non-hydrogen) atoms. The van der Waals surface area contributed by atoms with Crippen molar-refractivity contribution in [3.63, 3.8) is 0 Å². The number of nitrogens with one attached hydrogen (secondary N) is 2. The van der Waals surface area contributed by atoms with Crippen LogP contribution in [0.25, 0.3) is 0 Å². The molecule has 1 aromatic heterocycles. The van der Waals surface area contributed by atoms with Gasteiger partial charge < -0.3 is 15.4 Å². The Morgan fingerprint density at radius 2 is 2.06 bits per heavy atom. The van der Waals surface area contributed by atoms with E-state index >= 15 is 0 Å². The fourth-order valence-corrected chi connectivity index (χ4v) is 1.21. The number of rotatable bonds is 6. The Kier molecular flexibility index (Phi) is 5.31. The van der Waals surface area contributed by atoms with Crippen molar-refractivity contribution >= 4 is 5.82 Å². The first-order valence-electron chi connectivity index (χ1n) is 5.80. The van der Waals surface area contributed by atoms with Crippen molar-refractivity contribution < 1.29 is 4.74 Å². The molecule has 0 unspecified atom stereocenters. The lowest BCUT2D eigenvalue weighted by Crippen LogP contribution is -2.35. The minimum absolute atomic E-state index is 0.0845. The lowest BCUT2D eigenvalue weighted by atomic mass is 10.1. The molecule has 5 nitrogen and oxygen atoms in total. The summed E-state index contributed by atoms with van der Waals surface area (Å²) >= 11 is 0. The van der Waals surface area contributed by atoms with Crippen molar-refractivity contribution in [2.45, 2.75) is 32.9 Å². The molecule has 0 amide bonds. The Morgan fingerprint density at radius 1 is 1.29 bits per heavy atom. The van der Waals surface area contributed by atoms with E-state index < -0.39 is 0 Å². The standard InChI is InChI=1S/C12H22N4O/c1-12(2,3)15-8-10-7-13-9-11(16-10)14-5-6-17-4/h7,9,15H,5-6,8H2,1-4H3,(H,14,16). The van der Waals surface area contributed by atoms with Gasteiger partial charge >= 0.3 is 0 Å². The molecule has 0 bridgehead atoms. The summed E-state index contributed by atoms with van der Waals surface area (Å²) < 4.78 is 4.96. The SMILES string of the molecule is COCCNc1cncc(CNC(C)(C)C)n1. The molecule has 0 spiro atoms. The molecule has 0 aliphatic heterocycles. The Hall–Kier alpha value is -1.20.